The summed E-state index contributed by atoms with van der Waals surface area (Å²) in [6.45, 7) is 4.23. The molecule has 0 saturated carbocycles. The first kappa shape index (κ1) is 14.9. The molecule has 6 heteroatoms. The normalized spacial score (nSPS) is 22.0. The molecule has 0 unspecified atom stereocenters. The highest BCUT2D eigenvalue weighted by atomic mass is 16.1. The number of hydrogen-bond donors (Lipinski definition) is 2. The van der Waals surface area contributed by atoms with E-state index in [2.05, 4.69) is 33.3 Å². The Morgan fingerprint density at radius 1 is 1.17 bits per heavy atom. The minimum atomic E-state index is -0.0140. The van der Waals surface area contributed by atoms with Crippen molar-refractivity contribution in [1.82, 2.24) is 24.8 Å². The quantitative estimate of drug-likeness (QED) is 0.880. The van der Waals surface area contributed by atoms with Crippen LogP contribution in [0.1, 0.15) is 43.2 Å². The Bertz CT molecular complexity index is 735. The number of nitrogens with zero attached hydrogens (tertiary/aromatic N) is 3. The average Bonchev–Trinajstić information content (AvgIpc) is 2.91. The van der Waals surface area contributed by atoms with Gasteiger partial charge in [0.25, 0.3) is 0 Å². The van der Waals surface area contributed by atoms with Crippen LogP contribution in [0.4, 0.5) is 0 Å². The van der Waals surface area contributed by atoms with Crippen molar-refractivity contribution in [2.75, 3.05) is 33.2 Å². The molecule has 124 valence electrons. The number of pyridine rings is 1. The second kappa shape index (κ2) is 6.09. The van der Waals surface area contributed by atoms with Crippen LogP contribution in [-0.4, -0.2) is 52.7 Å². The SMILES string of the molecule is CN1CCC(c2cnc3[nH]c(=O)n(C4CCNCC4)c3c2)CC1. The molecule has 2 aliphatic rings. The lowest BCUT2D eigenvalue weighted by Crippen LogP contribution is -2.33. The molecular weight excluding hydrogens is 290 g/mol. The van der Waals surface area contributed by atoms with Gasteiger partial charge in [0, 0.05) is 12.2 Å². The molecule has 23 heavy (non-hydrogen) atoms. The molecular formula is C17H25N5O. The first-order valence-electron chi connectivity index (χ1n) is 8.72. The zero-order chi connectivity index (χ0) is 15.8. The number of imidazole rings is 1. The molecule has 0 aromatic carbocycles. The molecule has 0 spiro atoms. The van der Waals surface area contributed by atoms with Crippen LogP contribution in [0.2, 0.25) is 0 Å². The maximum atomic E-state index is 12.4. The number of aromatic nitrogens is 3. The summed E-state index contributed by atoms with van der Waals surface area (Å²) in [4.78, 5) is 22.3. The van der Waals surface area contributed by atoms with Crippen molar-refractivity contribution in [3.8, 4) is 0 Å². The van der Waals surface area contributed by atoms with Crippen molar-refractivity contribution in [3.63, 3.8) is 0 Å². The summed E-state index contributed by atoms with van der Waals surface area (Å²) in [5.74, 6) is 0.564. The van der Waals surface area contributed by atoms with Crippen LogP contribution in [0.3, 0.4) is 0 Å². The van der Waals surface area contributed by atoms with Crippen molar-refractivity contribution in [2.45, 2.75) is 37.6 Å². The molecule has 0 atom stereocenters. The van der Waals surface area contributed by atoms with Crippen molar-refractivity contribution in [1.29, 1.82) is 0 Å². The molecule has 2 aromatic heterocycles. The number of H-pyrrole nitrogens is 1. The molecule has 4 heterocycles. The van der Waals surface area contributed by atoms with Gasteiger partial charge < -0.3 is 10.2 Å². The van der Waals surface area contributed by atoms with Gasteiger partial charge in [-0.15, -0.1) is 0 Å². The number of nitrogens with one attached hydrogen (secondary N) is 2. The molecule has 0 aliphatic carbocycles. The second-order valence-electron chi connectivity index (χ2n) is 7.00. The summed E-state index contributed by atoms with van der Waals surface area (Å²) in [5, 5.41) is 3.37. The van der Waals surface area contributed by atoms with E-state index in [1.54, 1.807) is 0 Å². The topological polar surface area (TPSA) is 66.0 Å². The Kier molecular flexibility index (Phi) is 3.95. The number of piperidine rings is 2. The summed E-state index contributed by atoms with van der Waals surface area (Å²) in [5.41, 5.74) is 2.98. The van der Waals surface area contributed by atoms with Gasteiger partial charge in [0.15, 0.2) is 5.65 Å². The molecule has 0 radical (unpaired) electrons. The van der Waals surface area contributed by atoms with Crippen LogP contribution in [0.5, 0.6) is 0 Å². The molecule has 4 rings (SSSR count). The highest BCUT2D eigenvalue weighted by molar-refractivity contribution is 5.71. The fraction of sp³-hybridized carbons (Fsp3) is 0.647. The van der Waals surface area contributed by atoms with E-state index in [1.807, 2.05) is 10.8 Å². The van der Waals surface area contributed by atoms with Gasteiger partial charge in [-0.05, 0) is 76.5 Å². The maximum Gasteiger partial charge on any atom is 0.327 e. The van der Waals surface area contributed by atoms with Gasteiger partial charge in [-0.2, -0.15) is 0 Å². The molecule has 2 aliphatic heterocycles. The Morgan fingerprint density at radius 2 is 1.91 bits per heavy atom. The Labute approximate surface area is 135 Å². The smallest absolute Gasteiger partial charge is 0.317 e. The molecule has 2 aromatic rings. The van der Waals surface area contributed by atoms with Gasteiger partial charge in [0.1, 0.15) is 0 Å². The van der Waals surface area contributed by atoms with Crippen LogP contribution < -0.4 is 11.0 Å². The Hall–Kier alpha value is -1.66. The summed E-state index contributed by atoms with van der Waals surface area (Å²) in [7, 11) is 2.18. The third kappa shape index (κ3) is 2.81. The fourth-order valence-corrected chi connectivity index (χ4v) is 4.01. The van der Waals surface area contributed by atoms with E-state index < -0.39 is 0 Å². The summed E-state index contributed by atoms with van der Waals surface area (Å²) < 4.78 is 1.95. The van der Waals surface area contributed by atoms with Gasteiger partial charge in [-0.1, -0.05) is 0 Å². The molecule has 6 nitrogen and oxygen atoms in total. The van der Waals surface area contributed by atoms with Gasteiger partial charge >= 0.3 is 5.69 Å². The van der Waals surface area contributed by atoms with E-state index in [4.69, 9.17) is 0 Å². The van der Waals surface area contributed by atoms with Crippen molar-refractivity contribution >= 4 is 11.2 Å². The molecule has 2 fully saturated rings. The van der Waals surface area contributed by atoms with Gasteiger partial charge in [0.05, 0.1) is 5.52 Å². The van der Waals surface area contributed by atoms with E-state index >= 15 is 0 Å². The Balaban J connectivity index is 1.70. The number of fused-ring (bicyclic) bond motifs is 1. The maximum absolute atomic E-state index is 12.4. The van der Waals surface area contributed by atoms with E-state index in [-0.39, 0.29) is 11.7 Å². The lowest BCUT2D eigenvalue weighted by molar-refractivity contribution is 0.255. The van der Waals surface area contributed by atoms with Crippen LogP contribution in [0.15, 0.2) is 17.1 Å². The number of likely N-dealkylation sites (tertiary alicyclic amines) is 1. The summed E-state index contributed by atoms with van der Waals surface area (Å²) >= 11 is 0. The lowest BCUT2D eigenvalue weighted by Gasteiger charge is -2.29. The molecule has 2 N–H and O–H groups in total. The fourth-order valence-electron chi connectivity index (χ4n) is 4.01. The third-order valence-corrected chi connectivity index (χ3v) is 5.46. The highest BCUT2D eigenvalue weighted by Gasteiger charge is 2.23. The zero-order valence-corrected chi connectivity index (χ0v) is 13.7. The number of hydrogen-bond acceptors (Lipinski definition) is 4. The van der Waals surface area contributed by atoms with E-state index in [0.29, 0.717) is 5.92 Å². The Morgan fingerprint density at radius 3 is 2.65 bits per heavy atom. The molecule has 2 saturated heterocycles. The van der Waals surface area contributed by atoms with E-state index in [9.17, 15) is 4.79 Å². The van der Waals surface area contributed by atoms with Crippen LogP contribution in [0.25, 0.3) is 11.2 Å². The van der Waals surface area contributed by atoms with E-state index in [1.165, 1.54) is 18.4 Å². The second-order valence-corrected chi connectivity index (χ2v) is 7.00. The van der Waals surface area contributed by atoms with Crippen LogP contribution >= 0.6 is 0 Å². The van der Waals surface area contributed by atoms with E-state index in [0.717, 1.165) is 50.2 Å². The van der Waals surface area contributed by atoms with Crippen molar-refractivity contribution in [3.05, 3.63) is 28.3 Å². The van der Waals surface area contributed by atoms with Crippen LogP contribution in [-0.2, 0) is 0 Å². The standard InChI is InChI=1S/C17H25N5O/c1-21-8-4-12(5-9-21)13-10-15-16(19-11-13)20-17(23)22(15)14-2-6-18-7-3-14/h10-12,14,18H,2-9H2,1H3,(H,19,20,23). The van der Waals surface area contributed by atoms with Gasteiger partial charge in [-0.25, -0.2) is 9.78 Å². The lowest BCUT2D eigenvalue weighted by atomic mass is 9.90. The first-order chi connectivity index (χ1) is 11.2. The first-order valence-corrected chi connectivity index (χ1v) is 8.72. The average molecular weight is 315 g/mol. The van der Waals surface area contributed by atoms with Crippen LogP contribution in [0, 0.1) is 0 Å². The monoisotopic (exact) mass is 315 g/mol. The highest BCUT2D eigenvalue weighted by Crippen LogP contribution is 2.29. The third-order valence-electron chi connectivity index (χ3n) is 5.46. The minimum absolute atomic E-state index is 0.0140. The largest absolute Gasteiger partial charge is 0.327 e. The predicted octanol–water partition coefficient (Wildman–Crippen LogP) is 1.46. The van der Waals surface area contributed by atoms with Gasteiger partial charge in [-0.3, -0.25) is 9.55 Å². The predicted molar refractivity (Wildman–Crippen MR) is 91.0 cm³/mol. The zero-order valence-electron chi connectivity index (χ0n) is 13.7. The van der Waals surface area contributed by atoms with Crippen molar-refractivity contribution in [2.24, 2.45) is 0 Å². The molecule has 0 bridgehead atoms. The summed E-state index contributed by atoms with van der Waals surface area (Å²) in [6, 6.07) is 2.49. The summed E-state index contributed by atoms with van der Waals surface area (Å²) in [6.07, 6.45) is 6.31. The minimum Gasteiger partial charge on any atom is -0.317 e. The number of rotatable bonds is 2. The van der Waals surface area contributed by atoms with Crippen molar-refractivity contribution < 1.29 is 0 Å². The number of aromatic amines is 1. The van der Waals surface area contributed by atoms with Gasteiger partial charge in [0.2, 0.25) is 0 Å². The molecule has 0 amide bonds.